The van der Waals surface area contributed by atoms with Crippen LogP contribution in [0, 0.1) is 0 Å². The van der Waals surface area contributed by atoms with Gasteiger partial charge in [-0.15, -0.1) is 11.3 Å². The van der Waals surface area contributed by atoms with Gasteiger partial charge in [-0.2, -0.15) is 0 Å². The molecule has 1 aromatic carbocycles. The molecule has 0 spiro atoms. The molecule has 2 heterocycles. The summed E-state index contributed by atoms with van der Waals surface area (Å²) in [6, 6.07) is 10.5. The SMILES string of the molecule is O=C(COc1ccc(Cl)cc1Cl)NCc1nc(-c2ccccn2)cs1. The monoisotopic (exact) mass is 393 g/mol. The Morgan fingerprint density at radius 2 is 2.08 bits per heavy atom. The molecule has 0 unspecified atom stereocenters. The summed E-state index contributed by atoms with van der Waals surface area (Å²) in [6.45, 7) is 0.188. The number of rotatable bonds is 6. The number of ether oxygens (including phenoxy) is 1. The van der Waals surface area contributed by atoms with E-state index in [0.717, 1.165) is 16.4 Å². The minimum absolute atomic E-state index is 0.139. The van der Waals surface area contributed by atoms with Gasteiger partial charge in [0.25, 0.3) is 5.91 Å². The fourth-order valence-corrected chi connectivity index (χ4v) is 3.18. The summed E-state index contributed by atoms with van der Waals surface area (Å²) in [7, 11) is 0. The molecule has 0 saturated heterocycles. The topological polar surface area (TPSA) is 64.1 Å². The number of benzene rings is 1. The van der Waals surface area contributed by atoms with Crippen LogP contribution < -0.4 is 10.1 Å². The number of halogens is 2. The molecule has 0 aliphatic rings. The van der Waals surface area contributed by atoms with Crippen LogP contribution >= 0.6 is 34.5 Å². The molecule has 0 radical (unpaired) electrons. The Morgan fingerprint density at radius 3 is 2.84 bits per heavy atom. The molecule has 0 saturated carbocycles. The smallest absolute Gasteiger partial charge is 0.258 e. The molecule has 1 amide bonds. The van der Waals surface area contributed by atoms with E-state index in [1.807, 2.05) is 23.6 Å². The predicted molar refractivity (Wildman–Crippen MR) is 99.1 cm³/mol. The minimum atomic E-state index is -0.263. The molecule has 25 heavy (non-hydrogen) atoms. The number of pyridine rings is 1. The highest BCUT2D eigenvalue weighted by Gasteiger charge is 2.09. The molecule has 3 aromatic rings. The maximum atomic E-state index is 11.9. The lowest BCUT2D eigenvalue weighted by atomic mass is 10.3. The Morgan fingerprint density at radius 1 is 1.20 bits per heavy atom. The first-order valence-corrected chi connectivity index (χ1v) is 8.96. The van der Waals surface area contributed by atoms with Gasteiger partial charge in [-0.1, -0.05) is 29.3 Å². The second-order valence-corrected chi connectivity index (χ2v) is 6.77. The van der Waals surface area contributed by atoms with Crippen LogP contribution in [0.15, 0.2) is 48.0 Å². The van der Waals surface area contributed by atoms with Gasteiger partial charge in [-0.3, -0.25) is 9.78 Å². The summed E-state index contributed by atoms with van der Waals surface area (Å²) < 4.78 is 5.39. The number of nitrogens with one attached hydrogen (secondary N) is 1. The summed E-state index contributed by atoms with van der Waals surface area (Å²) in [4.78, 5) is 20.6. The molecule has 0 fully saturated rings. The molecule has 2 aromatic heterocycles. The van der Waals surface area contributed by atoms with Crippen molar-refractivity contribution in [2.45, 2.75) is 6.54 Å². The number of carbonyl (C=O) groups excluding carboxylic acids is 1. The summed E-state index contributed by atoms with van der Waals surface area (Å²) >= 11 is 13.3. The van der Waals surface area contributed by atoms with Gasteiger partial charge in [0.2, 0.25) is 0 Å². The largest absolute Gasteiger partial charge is 0.482 e. The number of aromatic nitrogens is 2. The van der Waals surface area contributed by atoms with Crippen molar-refractivity contribution in [3.05, 3.63) is 63.0 Å². The van der Waals surface area contributed by atoms with E-state index in [9.17, 15) is 4.79 Å². The number of carbonyl (C=O) groups is 1. The summed E-state index contributed by atoms with van der Waals surface area (Å²) in [6.07, 6.45) is 1.72. The van der Waals surface area contributed by atoms with E-state index in [1.165, 1.54) is 11.3 Å². The van der Waals surface area contributed by atoms with Gasteiger partial charge in [0.05, 0.1) is 23.0 Å². The Kier molecular flexibility index (Phi) is 5.86. The molecule has 1 N–H and O–H groups in total. The van der Waals surface area contributed by atoms with E-state index in [-0.39, 0.29) is 12.5 Å². The van der Waals surface area contributed by atoms with E-state index in [1.54, 1.807) is 24.4 Å². The van der Waals surface area contributed by atoms with Gasteiger partial charge in [0, 0.05) is 16.6 Å². The van der Waals surface area contributed by atoms with Gasteiger partial charge in [0.1, 0.15) is 10.8 Å². The van der Waals surface area contributed by atoms with Gasteiger partial charge in [-0.05, 0) is 30.3 Å². The van der Waals surface area contributed by atoms with E-state index < -0.39 is 0 Å². The fourth-order valence-electron chi connectivity index (χ4n) is 1.98. The molecular weight excluding hydrogens is 381 g/mol. The maximum absolute atomic E-state index is 11.9. The first-order chi connectivity index (χ1) is 12.1. The van der Waals surface area contributed by atoms with E-state index in [0.29, 0.717) is 22.3 Å². The second-order valence-electron chi connectivity index (χ2n) is 4.98. The van der Waals surface area contributed by atoms with Crippen molar-refractivity contribution in [1.29, 1.82) is 0 Å². The van der Waals surface area contributed by atoms with Crippen LogP contribution in [-0.2, 0) is 11.3 Å². The second kappa shape index (κ2) is 8.29. The number of hydrogen-bond acceptors (Lipinski definition) is 5. The number of amides is 1. The van der Waals surface area contributed by atoms with Crippen molar-refractivity contribution in [2.75, 3.05) is 6.61 Å². The van der Waals surface area contributed by atoms with E-state index in [2.05, 4.69) is 15.3 Å². The molecule has 0 aliphatic carbocycles. The van der Waals surface area contributed by atoms with Gasteiger partial charge < -0.3 is 10.1 Å². The van der Waals surface area contributed by atoms with Gasteiger partial charge in [-0.25, -0.2) is 4.98 Å². The average molecular weight is 394 g/mol. The van der Waals surface area contributed by atoms with Crippen LogP contribution in [0.25, 0.3) is 11.4 Å². The first-order valence-electron chi connectivity index (χ1n) is 7.32. The predicted octanol–water partition coefficient (Wildman–Crippen LogP) is 4.21. The van der Waals surface area contributed by atoms with Crippen LogP contribution in [0.4, 0.5) is 0 Å². The zero-order chi connectivity index (χ0) is 17.6. The Bertz CT molecular complexity index is 871. The van der Waals surface area contributed by atoms with Crippen molar-refractivity contribution in [1.82, 2.24) is 15.3 Å². The van der Waals surface area contributed by atoms with E-state index in [4.69, 9.17) is 27.9 Å². The summed E-state index contributed by atoms with van der Waals surface area (Å²) in [5.74, 6) is 0.147. The van der Waals surface area contributed by atoms with Crippen molar-refractivity contribution in [3.8, 4) is 17.1 Å². The molecule has 0 aliphatic heterocycles. The zero-order valence-corrected chi connectivity index (χ0v) is 15.2. The molecule has 3 rings (SSSR count). The van der Waals surface area contributed by atoms with E-state index >= 15 is 0 Å². The maximum Gasteiger partial charge on any atom is 0.258 e. The van der Waals surface area contributed by atoms with Crippen molar-refractivity contribution in [3.63, 3.8) is 0 Å². The van der Waals surface area contributed by atoms with Crippen molar-refractivity contribution >= 4 is 40.4 Å². The quantitative estimate of drug-likeness (QED) is 0.681. The standard InChI is InChI=1S/C17H13Cl2N3O2S/c18-11-4-5-15(12(19)7-11)24-9-16(23)21-8-17-22-14(10-25-17)13-3-1-2-6-20-13/h1-7,10H,8-9H2,(H,21,23). The van der Waals surface area contributed by atoms with Crippen LogP contribution in [0.3, 0.4) is 0 Å². The van der Waals surface area contributed by atoms with Crippen molar-refractivity contribution in [2.24, 2.45) is 0 Å². The van der Waals surface area contributed by atoms with Crippen LogP contribution in [0.5, 0.6) is 5.75 Å². The molecule has 8 heteroatoms. The highest BCUT2D eigenvalue weighted by molar-refractivity contribution is 7.09. The fraction of sp³-hybridized carbons (Fsp3) is 0.118. The summed E-state index contributed by atoms with van der Waals surface area (Å²) in [5, 5.41) is 6.33. The first kappa shape index (κ1) is 17.7. The van der Waals surface area contributed by atoms with Gasteiger partial charge in [0.15, 0.2) is 6.61 Å². The highest BCUT2D eigenvalue weighted by Crippen LogP contribution is 2.27. The van der Waals surface area contributed by atoms with Crippen LogP contribution in [0.2, 0.25) is 10.0 Å². The molecule has 128 valence electrons. The molecule has 0 bridgehead atoms. The number of nitrogens with zero attached hydrogens (tertiary/aromatic N) is 2. The average Bonchev–Trinajstić information content (AvgIpc) is 3.09. The van der Waals surface area contributed by atoms with Crippen LogP contribution in [0.1, 0.15) is 5.01 Å². The third kappa shape index (κ3) is 4.92. The minimum Gasteiger partial charge on any atom is -0.482 e. The molecular formula is C17H13Cl2N3O2S. The molecule has 0 atom stereocenters. The Hall–Kier alpha value is -2.15. The van der Waals surface area contributed by atoms with Crippen molar-refractivity contribution < 1.29 is 9.53 Å². The number of thiazole rings is 1. The lowest BCUT2D eigenvalue weighted by Crippen LogP contribution is -2.28. The third-order valence-corrected chi connectivity index (χ3v) is 4.55. The third-order valence-electron chi connectivity index (χ3n) is 3.17. The Balaban J connectivity index is 1.50. The van der Waals surface area contributed by atoms with Gasteiger partial charge >= 0.3 is 0 Å². The summed E-state index contributed by atoms with van der Waals surface area (Å²) in [5.41, 5.74) is 1.59. The molecule has 5 nitrogen and oxygen atoms in total. The lowest BCUT2D eigenvalue weighted by molar-refractivity contribution is -0.123. The van der Waals surface area contributed by atoms with Crippen LogP contribution in [-0.4, -0.2) is 22.5 Å². The highest BCUT2D eigenvalue weighted by atomic mass is 35.5. The zero-order valence-electron chi connectivity index (χ0n) is 12.9. The normalized spacial score (nSPS) is 10.5. The lowest BCUT2D eigenvalue weighted by Gasteiger charge is -2.08. The Labute approximate surface area is 158 Å². The number of hydrogen-bond donors (Lipinski definition) is 1.